The van der Waals surface area contributed by atoms with Gasteiger partial charge in [0.1, 0.15) is 30.5 Å². The van der Waals surface area contributed by atoms with Crippen LogP contribution in [0.15, 0.2) is 34.9 Å². The zero-order chi connectivity index (χ0) is 21.7. The van der Waals surface area contributed by atoms with E-state index in [9.17, 15) is 30.3 Å². The van der Waals surface area contributed by atoms with Crippen LogP contribution < -0.4 is 0 Å². The molecule has 0 aromatic carbocycles. The first-order chi connectivity index (χ1) is 14.2. The second-order valence-electron chi connectivity index (χ2n) is 8.47. The zero-order valence-corrected chi connectivity index (χ0v) is 16.7. The third kappa shape index (κ3) is 3.44. The molecule has 166 valence electrons. The average Bonchev–Trinajstić information content (AvgIpc) is 3.23. The highest BCUT2D eigenvalue weighted by molar-refractivity contribution is 5.91. The Balaban J connectivity index is 1.52. The molecule has 30 heavy (non-hydrogen) atoms. The third-order valence-corrected chi connectivity index (χ3v) is 6.69. The van der Waals surface area contributed by atoms with Crippen molar-refractivity contribution < 1.29 is 44.5 Å². The molecule has 9 nitrogen and oxygen atoms in total. The fourth-order valence-electron chi connectivity index (χ4n) is 5.01. The monoisotopic (exact) mass is 424 g/mol. The summed E-state index contributed by atoms with van der Waals surface area (Å²) < 4.78 is 16.7. The summed E-state index contributed by atoms with van der Waals surface area (Å²) in [6.45, 7) is 5.24. The molecule has 2 aliphatic heterocycles. The molecule has 2 heterocycles. The van der Waals surface area contributed by atoms with Crippen molar-refractivity contribution in [2.24, 2.45) is 11.8 Å². The molecular weight excluding hydrogens is 396 g/mol. The zero-order valence-electron chi connectivity index (χ0n) is 16.7. The number of allylic oxidation sites excluding steroid dienone is 1. The van der Waals surface area contributed by atoms with Gasteiger partial charge in [-0.2, -0.15) is 0 Å². The molecule has 0 radical (unpaired) electrons. The first-order valence-electron chi connectivity index (χ1n) is 10.1. The Bertz CT molecular complexity index is 785. The Morgan fingerprint density at radius 3 is 2.63 bits per heavy atom. The van der Waals surface area contributed by atoms with Crippen LogP contribution in [-0.2, 0) is 19.0 Å². The predicted octanol–water partition coefficient (Wildman–Crippen LogP) is -1.07. The van der Waals surface area contributed by atoms with E-state index in [0.717, 1.165) is 16.7 Å². The van der Waals surface area contributed by atoms with Crippen LogP contribution in [0.5, 0.6) is 0 Å². The minimum atomic E-state index is -1.52. The van der Waals surface area contributed by atoms with Gasteiger partial charge in [-0.05, 0) is 25.3 Å². The topological polar surface area (TPSA) is 146 Å². The predicted molar refractivity (Wildman–Crippen MR) is 102 cm³/mol. The maximum atomic E-state index is 12.1. The molecule has 9 heteroatoms. The summed E-state index contributed by atoms with van der Waals surface area (Å²) in [5.74, 6) is -1.30. The Morgan fingerprint density at radius 2 is 1.93 bits per heavy atom. The first-order valence-corrected chi connectivity index (χ1v) is 10.1. The van der Waals surface area contributed by atoms with Crippen molar-refractivity contribution in [3.63, 3.8) is 0 Å². The molecular formula is C21H28O9. The van der Waals surface area contributed by atoms with Gasteiger partial charge in [-0.3, -0.25) is 0 Å². The number of carbonyl (C=O) groups excluding carboxylic acids is 1. The normalized spacial score (nSPS) is 43.8. The van der Waals surface area contributed by atoms with Gasteiger partial charge in [-0.1, -0.05) is 23.8 Å². The second kappa shape index (κ2) is 8.16. The minimum absolute atomic E-state index is 0.0213. The summed E-state index contributed by atoms with van der Waals surface area (Å²) in [7, 11) is 0. The lowest BCUT2D eigenvalue weighted by molar-refractivity contribution is -0.299. The summed E-state index contributed by atoms with van der Waals surface area (Å²) in [5, 5.41) is 50.0. The number of aliphatic hydroxyl groups is 5. The summed E-state index contributed by atoms with van der Waals surface area (Å²) >= 11 is 0. The van der Waals surface area contributed by atoms with Crippen LogP contribution in [-0.4, -0.2) is 87.6 Å². The van der Waals surface area contributed by atoms with Gasteiger partial charge in [0.05, 0.1) is 25.2 Å². The first kappa shape index (κ1) is 21.6. The van der Waals surface area contributed by atoms with Crippen LogP contribution in [0.1, 0.15) is 19.8 Å². The molecule has 0 amide bonds. The highest BCUT2D eigenvalue weighted by Crippen LogP contribution is 2.48. The highest BCUT2D eigenvalue weighted by atomic mass is 16.7. The van der Waals surface area contributed by atoms with E-state index in [4.69, 9.17) is 14.2 Å². The van der Waals surface area contributed by atoms with Crippen LogP contribution in [0.4, 0.5) is 0 Å². The minimum Gasteiger partial charge on any atom is -0.457 e. The van der Waals surface area contributed by atoms with Crippen molar-refractivity contribution in [2.45, 2.75) is 62.7 Å². The Hall–Kier alpha value is -1.59. The van der Waals surface area contributed by atoms with Crippen molar-refractivity contribution in [1.29, 1.82) is 0 Å². The lowest BCUT2D eigenvalue weighted by Crippen LogP contribution is -2.59. The van der Waals surface area contributed by atoms with E-state index in [-0.39, 0.29) is 18.1 Å². The van der Waals surface area contributed by atoms with E-state index < -0.39 is 61.4 Å². The highest BCUT2D eigenvalue weighted by Gasteiger charge is 2.52. The number of carbonyl (C=O) groups is 1. The van der Waals surface area contributed by atoms with Crippen molar-refractivity contribution in [3.05, 3.63) is 34.9 Å². The fourth-order valence-corrected chi connectivity index (χ4v) is 5.01. The van der Waals surface area contributed by atoms with Crippen LogP contribution >= 0.6 is 0 Å². The van der Waals surface area contributed by atoms with Gasteiger partial charge in [-0.15, -0.1) is 0 Å². The molecule has 0 spiro atoms. The van der Waals surface area contributed by atoms with E-state index in [2.05, 4.69) is 6.58 Å². The lowest BCUT2D eigenvalue weighted by Gasteiger charge is -2.39. The van der Waals surface area contributed by atoms with E-state index in [1.807, 2.05) is 13.0 Å². The number of rotatable bonds is 4. The Morgan fingerprint density at radius 1 is 1.20 bits per heavy atom. The molecule has 2 fully saturated rings. The fraction of sp³-hybridized carbons (Fsp3) is 0.667. The molecule has 4 rings (SSSR count). The number of esters is 1. The third-order valence-electron chi connectivity index (χ3n) is 6.69. The van der Waals surface area contributed by atoms with E-state index >= 15 is 0 Å². The molecule has 0 aromatic rings. The van der Waals surface area contributed by atoms with Gasteiger partial charge in [0.25, 0.3) is 0 Å². The molecule has 5 N–H and O–H groups in total. The Labute approximate surface area is 173 Å². The maximum Gasteiger partial charge on any atom is 0.334 e. The van der Waals surface area contributed by atoms with Crippen molar-refractivity contribution in [2.75, 3.05) is 13.2 Å². The largest absolute Gasteiger partial charge is 0.457 e. The number of aliphatic hydroxyl groups excluding tert-OH is 5. The van der Waals surface area contributed by atoms with Crippen molar-refractivity contribution >= 4 is 5.97 Å². The van der Waals surface area contributed by atoms with E-state index in [0.29, 0.717) is 12.8 Å². The molecule has 0 unspecified atom stereocenters. The number of ether oxygens (including phenoxy) is 3. The SMILES string of the molecule is C=C1C(=O)O[C@@H]2[C@H]3C(CO[C@@H]4O[C@H](CO)[C@@H](O)[C@@H](O)[C@H]4O)=CCC3=C(C)C[C@H](O)[C@@H]12. The van der Waals surface area contributed by atoms with E-state index in [1.165, 1.54) is 0 Å². The van der Waals surface area contributed by atoms with Gasteiger partial charge < -0.3 is 39.7 Å². The Kier molecular flexibility index (Phi) is 5.88. The van der Waals surface area contributed by atoms with Gasteiger partial charge in [0, 0.05) is 11.5 Å². The van der Waals surface area contributed by atoms with Crippen LogP contribution in [0.2, 0.25) is 0 Å². The standard InChI is InChI=1S/C21H28O9/c1-8-5-12(23)14-9(2)20(27)30-19(14)15-10(3-4-11(8)15)7-28-21-18(26)17(25)16(24)13(6-22)29-21/h3,12-19,21-26H,2,4-7H2,1H3/t12-,13+,14+,15-,16+,17+,18+,19-,21+/m0/s1. The van der Waals surface area contributed by atoms with Gasteiger partial charge in [0.2, 0.25) is 0 Å². The lowest BCUT2D eigenvalue weighted by atomic mass is 9.82. The molecule has 0 bridgehead atoms. The molecule has 9 atom stereocenters. The quantitative estimate of drug-likeness (QED) is 0.216. The summed E-state index contributed by atoms with van der Waals surface area (Å²) in [5.41, 5.74) is 3.18. The molecule has 4 aliphatic rings. The van der Waals surface area contributed by atoms with Crippen LogP contribution in [0.3, 0.4) is 0 Å². The van der Waals surface area contributed by atoms with E-state index in [1.54, 1.807) is 0 Å². The smallest absolute Gasteiger partial charge is 0.334 e. The number of hydrogen-bond donors (Lipinski definition) is 5. The second-order valence-corrected chi connectivity index (χ2v) is 8.47. The summed E-state index contributed by atoms with van der Waals surface area (Å²) in [4.78, 5) is 12.1. The average molecular weight is 424 g/mol. The molecule has 2 aliphatic carbocycles. The molecule has 2 saturated heterocycles. The van der Waals surface area contributed by atoms with Crippen LogP contribution in [0.25, 0.3) is 0 Å². The van der Waals surface area contributed by atoms with Gasteiger partial charge in [-0.25, -0.2) is 4.79 Å². The maximum absolute atomic E-state index is 12.1. The van der Waals surface area contributed by atoms with Gasteiger partial charge in [0.15, 0.2) is 6.29 Å². The molecule has 0 aromatic heterocycles. The van der Waals surface area contributed by atoms with Crippen molar-refractivity contribution in [1.82, 2.24) is 0 Å². The number of fused-ring (bicyclic) bond motifs is 3. The summed E-state index contributed by atoms with van der Waals surface area (Å²) in [6.07, 6.45) is -5.09. The van der Waals surface area contributed by atoms with Crippen LogP contribution in [0, 0.1) is 11.8 Å². The van der Waals surface area contributed by atoms with Gasteiger partial charge >= 0.3 is 5.97 Å². The van der Waals surface area contributed by atoms with Crippen molar-refractivity contribution in [3.8, 4) is 0 Å². The molecule has 0 saturated carbocycles. The summed E-state index contributed by atoms with van der Waals surface area (Å²) in [6, 6.07) is 0. The number of hydrogen-bond acceptors (Lipinski definition) is 9.